The van der Waals surface area contributed by atoms with Crippen molar-refractivity contribution >= 4 is 24.0 Å². The van der Waals surface area contributed by atoms with Crippen molar-refractivity contribution in [3.63, 3.8) is 0 Å². The van der Waals surface area contributed by atoms with Crippen LogP contribution < -0.4 is 14.8 Å². The fraction of sp³-hybridized carbons (Fsp3) is 0.125. The maximum absolute atomic E-state index is 12.1. The molecule has 0 aliphatic heterocycles. The normalized spacial score (nSPS) is 10.9. The third kappa shape index (κ3) is 6.50. The van der Waals surface area contributed by atoms with E-state index >= 15 is 0 Å². The van der Waals surface area contributed by atoms with Crippen molar-refractivity contribution in [2.24, 2.45) is 0 Å². The first-order valence-electron chi connectivity index (χ1n) is 9.12. The molecule has 0 radical (unpaired) electrons. The molecule has 6 heteroatoms. The average Bonchev–Trinajstić information content (AvgIpc) is 2.76. The number of nitriles is 1. The van der Waals surface area contributed by atoms with Crippen molar-refractivity contribution in [1.82, 2.24) is 5.32 Å². The highest BCUT2D eigenvalue weighted by Crippen LogP contribution is 2.29. The quantitative estimate of drug-likeness (QED) is 0.238. The number of aryl methyl sites for hydroxylation is 1. The Morgan fingerprint density at radius 1 is 1.13 bits per heavy atom. The van der Waals surface area contributed by atoms with Crippen LogP contribution in [0.2, 0.25) is 0 Å². The van der Waals surface area contributed by atoms with Gasteiger partial charge in [0.25, 0.3) is 5.91 Å². The van der Waals surface area contributed by atoms with E-state index in [0.717, 1.165) is 11.1 Å². The number of benzene rings is 2. The predicted octanol–water partition coefficient (Wildman–Crippen LogP) is 3.83. The molecule has 0 aliphatic carbocycles. The molecule has 2 aromatic carbocycles. The Labute approximate surface area is 175 Å². The van der Waals surface area contributed by atoms with Gasteiger partial charge in [-0.3, -0.25) is 4.79 Å². The second kappa shape index (κ2) is 11.0. The summed E-state index contributed by atoms with van der Waals surface area (Å²) in [5.74, 6) is -0.542. The van der Waals surface area contributed by atoms with Gasteiger partial charge >= 0.3 is 5.97 Å². The molecule has 0 aliphatic rings. The minimum atomic E-state index is -0.557. The lowest BCUT2D eigenvalue weighted by Gasteiger charge is -2.09. The standard InChI is InChI=1S/C24H22N2O4/c1-4-13-26-24(28)20(16-25)14-19-9-11-21(22(15-19)29-3)30-23(27)12-10-18-7-5-17(2)6-8-18/h4-12,14-15H,1,13H2,2-3H3,(H,26,28). The van der Waals surface area contributed by atoms with E-state index < -0.39 is 11.9 Å². The van der Waals surface area contributed by atoms with E-state index in [0.29, 0.717) is 11.3 Å². The molecule has 2 rings (SSSR count). The van der Waals surface area contributed by atoms with Crippen LogP contribution in [0.1, 0.15) is 16.7 Å². The van der Waals surface area contributed by atoms with Gasteiger partial charge in [-0.1, -0.05) is 42.0 Å². The lowest BCUT2D eigenvalue weighted by atomic mass is 10.1. The molecule has 1 N–H and O–H groups in total. The van der Waals surface area contributed by atoms with E-state index in [1.54, 1.807) is 24.3 Å². The van der Waals surface area contributed by atoms with Crippen LogP contribution in [0.3, 0.4) is 0 Å². The Morgan fingerprint density at radius 3 is 2.47 bits per heavy atom. The molecule has 0 saturated carbocycles. The molecule has 2 aromatic rings. The third-order valence-electron chi connectivity index (χ3n) is 3.97. The first-order chi connectivity index (χ1) is 14.5. The Hall–Kier alpha value is -4.11. The fourth-order valence-corrected chi connectivity index (χ4v) is 2.42. The Morgan fingerprint density at radius 2 is 1.83 bits per heavy atom. The first-order valence-corrected chi connectivity index (χ1v) is 9.12. The molecule has 6 nitrogen and oxygen atoms in total. The summed E-state index contributed by atoms with van der Waals surface area (Å²) >= 11 is 0. The molecule has 0 fully saturated rings. The van der Waals surface area contributed by atoms with Gasteiger partial charge in [0.2, 0.25) is 0 Å². The Kier molecular flexibility index (Phi) is 8.15. The van der Waals surface area contributed by atoms with Crippen molar-refractivity contribution in [3.05, 3.63) is 83.5 Å². The second-order valence-electron chi connectivity index (χ2n) is 6.24. The number of amides is 1. The van der Waals surface area contributed by atoms with Crippen molar-refractivity contribution < 1.29 is 19.1 Å². The van der Waals surface area contributed by atoms with Crippen LogP contribution in [0.15, 0.2) is 66.8 Å². The number of hydrogen-bond acceptors (Lipinski definition) is 5. The molecule has 0 heterocycles. The number of rotatable bonds is 8. The van der Waals surface area contributed by atoms with E-state index in [1.807, 2.05) is 37.3 Å². The molecule has 30 heavy (non-hydrogen) atoms. The molecule has 0 aromatic heterocycles. The number of ether oxygens (including phenoxy) is 2. The minimum absolute atomic E-state index is 0.0651. The van der Waals surface area contributed by atoms with E-state index in [9.17, 15) is 14.9 Å². The second-order valence-corrected chi connectivity index (χ2v) is 6.24. The summed E-state index contributed by atoms with van der Waals surface area (Å²) in [6.07, 6.45) is 5.93. The van der Waals surface area contributed by atoms with Gasteiger partial charge in [-0.05, 0) is 42.3 Å². The van der Waals surface area contributed by atoms with Crippen molar-refractivity contribution in [2.45, 2.75) is 6.92 Å². The number of nitrogens with zero attached hydrogens (tertiary/aromatic N) is 1. The highest BCUT2D eigenvalue weighted by Gasteiger charge is 2.11. The van der Waals surface area contributed by atoms with Crippen molar-refractivity contribution in [3.8, 4) is 17.6 Å². The first kappa shape index (κ1) is 22.2. The van der Waals surface area contributed by atoms with Gasteiger partial charge in [0.1, 0.15) is 11.6 Å². The summed E-state index contributed by atoms with van der Waals surface area (Å²) in [4.78, 5) is 24.1. The topological polar surface area (TPSA) is 88.4 Å². The van der Waals surface area contributed by atoms with E-state index in [1.165, 1.54) is 25.3 Å². The van der Waals surface area contributed by atoms with Crippen LogP contribution in [0.25, 0.3) is 12.2 Å². The van der Waals surface area contributed by atoms with Gasteiger partial charge in [0.15, 0.2) is 11.5 Å². The average molecular weight is 402 g/mol. The number of carbonyl (C=O) groups is 2. The van der Waals surface area contributed by atoms with Crippen molar-refractivity contribution in [2.75, 3.05) is 13.7 Å². The van der Waals surface area contributed by atoms with E-state index in [-0.39, 0.29) is 17.9 Å². The van der Waals surface area contributed by atoms with Crippen LogP contribution >= 0.6 is 0 Å². The molecule has 1 amide bonds. The number of methoxy groups -OCH3 is 1. The number of carbonyl (C=O) groups excluding carboxylic acids is 2. The zero-order chi connectivity index (χ0) is 21.9. The zero-order valence-corrected chi connectivity index (χ0v) is 16.8. The smallest absolute Gasteiger partial charge is 0.336 e. The van der Waals surface area contributed by atoms with Crippen LogP contribution in [0.5, 0.6) is 11.5 Å². The van der Waals surface area contributed by atoms with Gasteiger partial charge in [-0.2, -0.15) is 5.26 Å². The number of nitrogens with one attached hydrogen (secondary N) is 1. The summed E-state index contributed by atoms with van der Waals surface area (Å²) < 4.78 is 10.6. The zero-order valence-electron chi connectivity index (χ0n) is 16.8. The van der Waals surface area contributed by atoms with Crippen LogP contribution in [-0.4, -0.2) is 25.5 Å². The van der Waals surface area contributed by atoms with Crippen LogP contribution in [0.4, 0.5) is 0 Å². The van der Waals surface area contributed by atoms with Gasteiger partial charge in [-0.15, -0.1) is 6.58 Å². The summed E-state index contributed by atoms with van der Waals surface area (Å²) in [5, 5.41) is 11.8. The summed E-state index contributed by atoms with van der Waals surface area (Å²) in [7, 11) is 1.43. The van der Waals surface area contributed by atoms with Crippen LogP contribution in [-0.2, 0) is 9.59 Å². The molecule has 152 valence electrons. The summed E-state index contributed by atoms with van der Waals surface area (Å²) in [5.41, 5.74) is 2.49. The highest BCUT2D eigenvalue weighted by atomic mass is 16.6. The largest absolute Gasteiger partial charge is 0.493 e. The van der Waals surface area contributed by atoms with Gasteiger partial charge in [0, 0.05) is 12.6 Å². The molecule has 0 unspecified atom stereocenters. The number of esters is 1. The van der Waals surface area contributed by atoms with Crippen LogP contribution in [0, 0.1) is 18.3 Å². The maximum Gasteiger partial charge on any atom is 0.336 e. The monoisotopic (exact) mass is 402 g/mol. The summed E-state index contributed by atoms with van der Waals surface area (Å²) in [6.45, 7) is 5.75. The van der Waals surface area contributed by atoms with E-state index in [4.69, 9.17) is 9.47 Å². The highest BCUT2D eigenvalue weighted by molar-refractivity contribution is 6.01. The molecule has 0 bridgehead atoms. The van der Waals surface area contributed by atoms with Gasteiger partial charge < -0.3 is 14.8 Å². The molecule has 0 saturated heterocycles. The Bertz CT molecular complexity index is 1030. The molecule has 0 spiro atoms. The lowest BCUT2D eigenvalue weighted by molar-refractivity contribution is -0.129. The molecular weight excluding hydrogens is 380 g/mol. The molecule has 0 atom stereocenters. The lowest BCUT2D eigenvalue weighted by Crippen LogP contribution is -2.24. The van der Waals surface area contributed by atoms with E-state index in [2.05, 4.69) is 11.9 Å². The maximum atomic E-state index is 12.1. The molecular formula is C24H22N2O4. The fourth-order valence-electron chi connectivity index (χ4n) is 2.42. The predicted molar refractivity (Wildman–Crippen MR) is 116 cm³/mol. The van der Waals surface area contributed by atoms with Crippen molar-refractivity contribution in [1.29, 1.82) is 5.26 Å². The minimum Gasteiger partial charge on any atom is -0.493 e. The van der Waals surface area contributed by atoms with Gasteiger partial charge in [0.05, 0.1) is 7.11 Å². The SMILES string of the molecule is C=CCNC(=O)C(C#N)=Cc1ccc(OC(=O)C=Cc2ccc(C)cc2)c(OC)c1. The van der Waals surface area contributed by atoms with Gasteiger partial charge in [-0.25, -0.2) is 4.79 Å². The summed E-state index contributed by atoms with van der Waals surface area (Å²) in [6, 6.07) is 14.3. The Balaban J connectivity index is 2.14. The number of hydrogen-bond donors (Lipinski definition) is 1. The third-order valence-corrected chi connectivity index (χ3v) is 3.97.